The molecule has 3 fully saturated rings. The largest absolute Gasteiger partial charge is 0.376 e. The lowest BCUT2D eigenvalue weighted by Gasteiger charge is -2.41. The first-order valence-corrected chi connectivity index (χ1v) is 11.6. The monoisotopic (exact) mass is 413 g/mol. The molecule has 0 bridgehead atoms. The number of rotatable bonds is 6. The lowest BCUT2D eigenvalue weighted by Crippen LogP contribution is -2.58. The normalized spacial score (nSPS) is 24.2. The van der Waals surface area contributed by atoms with E-state index in [1.165, 1.54) is 12.8 Å². The minimum atomic E-state index is -0.0786. The van der Waals surface area contributed by atoms with E-state index in [1.54, 1.807) is 0 Å². The molecule has 1 saturated carbocycles. The van der Waals surface area contributed by atoms with Crippen molar-refractivity contribution >= 4 is 11.8 Å². The lowest BCUT2D eigenvalue weighted by molar-refractivity contribution is -0.129. The van der Waals surface area contributed by atoms with Gasteiger partial charge in [-0.1, -0.05) is 30.5 Å². The van der Waals surface area contributed by atoms with Gasteiger partial charge in [-0.25, -0.2) is 0 Å². The Morgan fingerprint density at radius 1 is 1.10 bits per heavy atom. The standard InChI is InChI=1S/C24H35N3O3/c1-18-6-4-9-20(16-18)24(29)27-13-11-26(12-14-27)22(19-7-2-3-8-19)23(28)25-17-21-10-5-15-30-21/h4,6,9,16,19,21-22H,2-3,5,7-8,10-15,17H2,1H3,(H,25,28). The van der Waals surface area contributed by atoms with Gasteiger partial charge in [0.25, 0.3) is 5.91 Å². The first-order valence-electron chi connectivity index (χ1n) is 11.6. The quantitative estimate of drug-likeness (QED) is 0.779. The van der Waals surface area contributed by atoms with E-state index in [9.17, 15) is 9.59 Å². The molecular weight excluding hydrogens is 378 g/mol. The third kappa shape index (κ3) is 5.03. The highest BCUT2D eigenvalue weighted by molar-refractivity contribution is 5.94. The number of carbonyl (C=O) groups excluding carboxylic acids is 2. The molecule has 1 aliphatic carbocycles. The summed E-state index contributed by atoms with van der Waals surface area (Å²) in [5.41, 5.74) is 1.86. The highest BCUT2D eigenvalue weighted by Crippen LogP contribution is 2.31. The molecule has 2 saturated heterocycles. The number of nitrogens with zero attached hydrogens (tertiary/aromatic N) is 2. The van der Waals surface area contributed by atoms with E-state index in [0.717, 1.165) is 56.5 Å². The van der Waals surface area contributed by atoms with Crippen LogP contribution in [0.2, 0.25) is 0 Å². The van der Waals surface area contributed by atoms with E-state index >= 15 is 0 Å². The maximum atomic E-state index is 13.2. The highest BCUT2D eigenvalue weighted by atomic mass is 16.5. The number of carbonyl (C=O) groups is 2. The van der Waals surface area contributed by atoms with E-state index < -0.39 is 0 Å². The van der Waals surface area contributed by atoms with Crippen molar-refractivity contribution in [3.63, 3.8) is 0 Å². The Labute approximate surface area is 179 Å². The molecule has 2 unspecified atom stereocenters. The fraction of sp³-hybridized carbons (Fsp3) is 0.667. The van der Waals surface area contributed by atoms with E-state index in [-0.39, 0.29) is 24.0 Å². The highest BCUT2D eigenvalue weighted by Gasteiger charge is 2.37. The molecule has 164 valence electrons. The van der Waals surface area contributed by atoms with Crippen LogP contribution < -0.4 is 5.32 Å². The second-order valence-corrected chi connectivity index (χ2v) is 9.07. The van der Waals surface area contributed by atoms with Crippen molar-refractivity contribution in [3.8, 4) is 0 Å². The van der Waals surface area contributed by atoms with Crippen LogP contribution >= 0.6 is 0 Å². The molecule has 0 radical (unpaired) electrons. The van der Waals surface area contributed by atoms with Gasteiger partial charge in [0, 0.05) is 44.9 Å². The molecule has 6 nitrogen and oxygen atoms in total. The number of ether oxygens (including phenoxy) is 1. The predicted octanol–water partition coefficient (Wildman–Crippen LogP) is 2.61. The van der Waals surface area contributed by atoms with E-state index in [0.29, 0.717) is 25.6 Å². The Morgan fingerprint density at radius 3 is 2.53 bits per heavy atom. The van der Waals surface area contributed by atoms with Gasteiger partial charge in [-0.05, 0) is 50.7 Å². The van der Waals surface area contributed by atoms with Crippen LogP contribution in [0.25, 0.3) is 0 Å². The zero-order valence-electron chi connectivity index (χ0n) is 18.1. The van der Waals surface area contributed by atoms with Gasteiger partial charge in [-0.3, -0.25) is 14.5 Å². The average molecular weight is 414 g/mol. The number of aryl methyl sites for hydroxylation is 1. The number of hydrogen-bond donors (Lipinski definition) is 1. The summed E-state index contributed by atoms with van der Waals surface area (Å²) in [7, 11) is 0. The van der Waals surface area contributed by atoms with Gasteiger partial charge in [0.1, 0.15) is 0 Å². The van der Waals surface area contributed by atoms with Crippen LogP contribution in [0.4, 0.5) is 0 Å². The summed E-state index contributed by atoms with van der Waals surface area (Å²) < 4.78 is 5.67. The molecule has 1 N–H and O–H groups in total. The molecule has 2 aliphatic heterocycles. The number of nitrogens with one attached hydrogen (secondary N) is 1. The van der Waals surface area contributed by atoms with Gasteiger partial charge < -0.3 is 15.0 Å². The Hall–Kier alpha value is -1.92. The van der Waals surface area contributed by atoms with Gasteiger partial charge >= 0.3 is 0 Å². The van der Waals surface area contributed by atoms with E-state index in [2.05, 4.69) is 10.2 Å². The van der Waals surface area contributed by atoms with Gasteiger partial charge in [0.15, 0.2) is 0 Å². The van der Waals surface area contributed by atoms with Crippen LogP contribution in [0.1, 0.15) is 54.4 Å². The molecule has 0 spiro atoms. The van der Waals surface area contributed by atoms with Crippen LogP contribution in [-0.4, -0.2) is 73.1 Å². The Balaban J connectivity index is 1.36. The van der Waals surface area contributed by atoms with Gasteiger partial charge in [-0.2, -0.15) is 0 Å². The molecule has 3 aliphatic rings. The Morgan fingerprint density at radius 2 is 1.87 bits per heavy atom. The molecule has 1 aromatic rings. The average Bonchev–Trinajstić information content (AvgIpc) is 3.47. The summed E-state index contributed by atoms with van der Waals surface area (Å²) in [6.45, 7) is 6.30. The summed E-state index contributed by atoms with van der Waals surface area (Å²) in [4.78, 5) is 30.3. The van der Waals surface area contributed by atoms with Crippen LogP contribution in [0.15, 0.2) is 24.3 Å². The maximum absolute atomic E-state index is 13.2. The summed E-state index contributed by atoms with van der Waals surface area (Å²) in [6.07, 6.45) is 6.97. The smallest absolute Gasteiger partial charge is 0.253 e. The van der Waals surface area contributed by atoms with Crippen LogP contribution in [0.5, 0.6) is 0 Å². The molecule has 30 heavy (non-hydrogen) atoms. The van der Waals surface area contributed by atoms with Crippen molar-refractivity contribution in [2.75, 3.05) is 39.3 Å². The molecule has 2 amide bonds. The lowest BCUT2D eigenvalue weighted by atomic mass is 9.94. The van der Waals surface area contributed by atoms with E-state index in [1.807, 2.05) is 36.1 Å². The van der Waals surface area contributed by atoms with Gasteiger partial charge in [0.05, 0.1) is 12.1 Å². The Kier molecular flexibility index (Phi) is 7.05. The zero-order valence-corrected chi connectivity index (χ0v) is 18.1. The molecule has 1 aromatic carbocycles. The second-order valence-electron chi connectivity index (χ2n) is 9.07. The number of piperazine rings is 1. The first kappa shape index (κ1) is 21.3. The van der Waals surface area contributed by atoms with Gasteiger partial charge in [0.2, 0.25) is 5.91 Å². The van der Waals surface area contributed by atoms with Crippen molar-refractivity contribution in [2.45, 2.75) is 57.6 Å². The maximum Gasteiger partial charge on any atom is 0.253 e. The SMILES string of the molecule is Cc1cccc(C(=O)N2CCN(C(C(=O)NCC3CCCO3)C3CCCC3)CC2)c1. The van der Waals surface area contributed by atoms with Crippen molar-refractivity contribution in [1.82, 2.24) is 15.1 Å². The minimum absolute atomic E-state index is 0.0786. The van der Waals surface area contributed by atoms with Crippen molar-refractivity contribution in [2.24, 2.45) is 5.92 Å². The summed E-state index contributed by atoms with van der Waals surface area (Å²) >= 11 is 0. The fourth-order valence-electron chi connectivity index (χ4n) is 5.24. The zero-order chi connectivity index (χ0) is 20.9. The molecule has 4 rings (SSSR count). The second kappa shape index (κ2) is 9.92. The summed E-state index contributed by atoms with van der Waals surface area (Å²) in [6, 6.07) is 7.71. The van der Waals surface area contributed by atoms with Crippen molar-refractivity contribution in [1.29, 1.82) is 0 Å². The number of amides is 2. The first-order chi connectivity index (χ1) is 14.6. The van der Waals surface area contributed by atoms with E-state index in [4.69, 9.17) is 4.74 Å². The number of hydrogen-bond acceptors (Lipinski definition) is 4. The minimum Gasteiger partial charge on any atom is -0.376 e. The molecule has 0 aromatic heterocycles. The third-order valence-corrected chi connectivity index (χ3v) is 6.90. The Bertz CT molecular complexity index is 733. The van der Waals surface area contributed by atoms with Crippen molar-refractivity contribution < 1.29 is 14.3 Å². The molecule has 2 atom stereocenters. The fourth-order valence-corrected chi connectivity index (χ4v) is 5.24. The molecule has 6 heteroatoms. The number of benzene rings is 1. The van der Waals surface area contributed by atoms with Crippen LogP contribution in [0, 0.1) is 12.8 Å². The van der Waals surface area contributed by atoms with Crippen LogP contribution in [0.3, 0.4) is 0 Å². The summed E-state index contributed by atoms with van der Waals surface area (Å²) in [5, 5.41) is 3.18. The predicted molar refractivity (Wildman–Crippen MR) is 116 cm³/mol. The van der Waals surface area contributed by atoms with Crippen molar-refractivity contribution in [3.05, 3.63) is 35.4 Å². The topological polar surface area (TPSA) is 61.9 Å². The molecular formula is C24H35N3O3. The third-order valence-electron chi connectivity index (χ3n) is 6.90. The summed E-state index contributed by atoms with van der Waals surface area (Å²) in [5.74, 6) is 0.669. The van der Waals surface area contributed by atoms with Gasteiger partial charge in [-0.15, -0.1) is 0 Å². The van der Waals surface area contributed by atoms with Crippen LogP contribution in [-0.2, 0) is 9.53 Å². The molecule has 2 heterocycles.